The van der Waals surface area contributed by atoms with E-state index in [2.05, 4.69) is 287 Å². The molecule has 6 heterocycles. The van der Waals surface area contributed by atoms with Crippen molar-refractivity contribution in [2.45, 2.75) is 83.1 Å². The minimum Gasteiger partial charge on any atom is -0.310 e. The number of rotatable bonds is 8. The average Bonchev–Trinajstić information content (AvgIpc) is 1.56. The summed E-state index contributed by atoms with van der Waals surface area (Å²) in [5.74, 6) is 3.97. The molecule has 0 radical (unpaired) electrons. The summed E-state index contributed by atoms with van der Waals surface area (Å²) in [5.41, 5.74) is 29.4. The van der Waals surface area contributed by atoms with Crippen LogP contribution in [0, 0.1) is 96.2 Å². The van der Waals surface area contributed by atoms with Crippen molar-refractivity contribution in [3.05, 3.63) is 309 Å². The van der Waals surface area contributed by atoms with Gasteiger partial charge in [-0.2, -0.15) is 0 Å². The fraction of sp³-hybridized carbons (Fsp3) is 0.130. The van der Waals surface area contributed by atoms with Crippen LogP contribution >= 0.6 is 0 Å². The second kappa shape index (κ2) is 24.9. The van der Waals surface area contributed by atoms with Crippen molar-refractivity contribution >= 4 is 98.6 Å². The van der Waals surface area contributed by atoms with Crippen LogP contribution in [0.3, 0.4) is 0 Å². The molecule has 0 saturated carbocycles. The van der Waals surface area contributed by atoms with Crippen LogP contribution in [-0.2, 0) is 0 Å². The molecule has 12 nitrogen and oxygen atoms in total. The van der Waals surface area contributed by atoms with Crippen molar-refractivity contribution in [2.75, 3.05) is 0 Å². The fourth-order valence-corrected chi connectivity index (χ4v) is 15.7. The highest BCUT2D eigenvalue weighted by atomic mass is 15.1. The van der Waals surface area contributed by atoms with E-state index in [1.165, 1.54) is 87.6 Å². The number of aromatic nitrogens is 10. The van der Waals surface area contributed by atoms with Gasteiger partial charge in [0.05, 0.1) is 74.3 Å². The Hall–Kier alpha value is -13.2. The third-order valence-corrected chi connectivity index (χ3v) is 20.3. The Morgan fingerprint density at radius 1 is 0.221 bits per heavy atom. The van der Waals surface area contributed by atoms with Crippen molar-refractivity contribution in [1.82, 2.24) is 48.2 Å². The maximum absolute atomic E-state index is 8.13. The number of benzene rings is 12. The topological polar surface area (TPSA) is 106 Å². The molecule has 104 heavy (non-hydrogen) atoms. The van der Waals surface area contributed by atoms with Gasteiger partial charge in [0.25, 0.3) is 0 Å². The molecule has 0 aliphatic carbocycles. The molecule has 0 aliphatic rings. The highest BCUT2D eigenvalue weighted by Gasteiger charge is 2.26. The van der Waals surface area contributed by atoms with Crippen molar-refractivity contribution in [2.24, 2.45) is 0 Å². The first-order valence-corrected chi connectivity index (χ1v) is 35.1. The van der Waals surface area contributed by atoms with E-state index in [0.717, 1.165) is 100 Å². The molecule has 0 spiro atoms. The van der Waals surface area contributed by atoms with E-state index in [1.54, 1.807) is 0 Å². The van der Waals surface area contributed by atoms with Gasteiger partial charge in [-0.3, -0.25) is 0 Å². The second-order valence-corrected chi connectivity index (χ2v) is 28.1. The van der Waals surface area contributed by atoms with Crippen LogP contribution < -0.4 is 0 Å². The maximum atomic E-state index is 8.13. The van der Waals surface area contributed by atoms with Gasteiger partial charge >= 0.3 is 0 Å². The van der Waals surface area contributed by atoms with Gasteiger partial charge < -0.3 is 18.3 Å². The van der Waals surface area contributed by atoms with Crippen LogP contribution in [0.4, 0.5) is 11.4 Å². The Morgan fingerprint density at radius 2 is 0.462 bits per heavy atom. The zero-order valence-electron chi connectivity index (χ0n) is 60.2. The lowest BCUT2D eigenvalue weighted by Crippen LogP contribution is -2.03. The van der Waals surface area contributed by atoms with Crippen LogP contribution in [0.25, 0.3) is 165 Å². The lowest BCUT2D eigenvalue weighted by molar-refractivity contribution is 0.928. The number of nitrogens with zero attached hydrogens (tertiary/aromatic N) is 12. The molecule has 0 atom stereocenters. The van der Waals surface area contributed by atoms with Crippen molar-refractivity contribution in [3.8, 4) is 67.8 Å². The lowest BCUT2D eigenvalue weighted by Gasteiger charge is -2.20. The van der Waals surface area contributed by atoms with E-state index in [4.69, 9.17) is 33.1 Å². The van der Waals surface area contributed by atoms with Gasteiger partial charge in [-0.05, 0) is 236 Å². The summed E-state index contributed by atoms with van der Waals surface area (Å²) in [6, 6.07) is 78.7. The van der Waals surface area contributed by atoms with E-state index in [9.17, 15) is 0 Å². The largest absolute Gasteiger partial charge is 0.310 e. The molecule has 12 heteroatoms. The van der Waals surface area contributed by atoms with Crippen LogP contribution in [0.5, 0.6) is 0 Å². The molecular weight excluding hydrogens is 1270 g/mol. The SMILES string of the molecule is [C-]#[N+]c1ccc(-c2cc(-c3nc(C)nc(C)n3)ccc2-n2c3cc(C)ccc3c3ccc(C)cc32)c(-n2c3cc(C)ccc3c3ccc(C)cc32)c1.[C-]#[N+]c1ccc(-n2c3cc(C)ccc3c3ccc(C)cc32)c(-c2cc(-c3nc(C)nc(C)n3)ccc2-n2c3cc(C)ccc3c3ccc(C)cc32)c1. The van der Waals surface area contributed by atoms with Gasteiger partial charge in [0.15, 0.2) is 23.0 Å². The van der Waals surface area contributed by atoms with Gasteiger partial charge in [0, 0.05) is 76.6 Å². The Kier molecular flexibility index (Phi) is 15.4. The van der Waals surface area contributed by atoms with Gasteiger partial charge in [0.1, 0.15) is 23.3 Å². The molecule has 0 aliphatic heterocycles. The zero-order chi connectivity index (χ0) is 71.7. The van der Waals surface area contributed by atoms with Crippen molar-refractivity contribution < 1.29 is 0 Å². The van der Waals surface area contributed by atoms with E-state index >= 15 is 0 Å². The zero-order valence-corrected chi connectivity index (χ0v) is 60.2. The summed E-state index contributed by atoms with van der Waals surface area (Å²) in [6.45, 7) is 41.0. The quantitative estimate of drug-likeness (QED) is 0.140. The smallest absolute Gasteiger partial charge is 0.189 e. The predicted molar refractivity (Wildman–Crippen MR) is 428 cm³/mol. The minimum absolute atomic E-state index is 0.573. The van der Waals surface area contributed by atoms with Gasteiger partial charge in [0.2, 0.25) is 0 Å². The Balaban J connectivity index is 0.000000154. The molecule has 0 N–H and O–H groups in total. The van der Waals surface area contributed by atoms with E-state index in [0.29, 0.717) is 46.3 Å². The van der Waals surface area contributed by atoms with Gasteiger partial charge in [-0.25, -0.2) is 39.6 Å². The molecule has 6 aromatic heterocycles. The molecule has 0 fully saturated rings. The summed E-state index contributed by atoms with van der Waals surface area (Å²) in [7, 11) is 0. The average molecular weight is 1350 g/mol. The first-order valence-electron chi connectivity index (χ1n) is 35.1. The molecule has 0 bridgehead atoms. The molecule has 18 aromatic rings. The summed E-state index contributed by atoms with van der Waals surface area (Å²) in [6.07, 6.45) is 0. The van der Waals surface area contributed by atoms with Gasteiger partial charge in [-0.1, -0.05) is 115 Å². The minimum atomic E-state index is 0.573. The van der Waals surface area contributed by atoms with Crippen LogP contribution in [0.2, 0.25) is 0 Å². The summed E-state index contributed by atoms with van der Waals surface area (Å²) < 4.78 is 9.52. The van der Waals surface area contributed by atoms with E-state index in [-0.39, 0.29) is 0 Å². The van der Waals surface area contributed by atoms with Crippen LogP contribution in [0.15, 0.2) is 218 Å². The van der Waals surface area contributed by atoms with Crippen LogP contribution in [0.1, 0.15) is 67.8 Å². The highest BCUT2D eigenvalue weighted by molar-refractivity contribution is 6.14. The van der Waals surface area contributed by atoms with Gasteiger partial charge in [-0.15, -0.1) is 0 Å². The molecule has 0 unspecified atom stereocenters. The highest BCUT2D eigenvalue weighted by Crippen LogP contribution is 2.47. The number of fused-ring (bicyclic) bond motifs is 12. The number of aryl methyl sites for hydroxylation is 12. The third-order valence-electron chi connectivity index (χ3n) is 20.3. The molecule has 0 saturated heterocycles. The van der Waals surface area contributed by atoms with E-state index < -0.39 is 0 Å². The third kappa shape index (κ3) is 10.9. The lowest BCUT2D eigenvalue weighted by atomic mass is 9.97. The summed E-state index contributed by atoms with van der Waals surface area (Å²) >= 11 is 0. The second-order valence-electron chi connectivity index (χ2n) is 28.1. The standard InChI is InChI=1S/2C46H36N6/c1-26-8-14-34-35-15-9-27(2)21-42(35)51(41(34)20-26)40-19-12-32(46-49-30(5)48-31(6)50-46)24-39(40)38-18-13-33(47-7)25-45(38)52-43-22-28(3)10-16-36(43)37-17-11-29(4)23-44(37)52;1-26-8-14-34-35-15-9-27(2)21-43(35)51(42(34)20-26)40-18-12-32(46-49-30(5)48-31(6)50-46)24-38(40)39-25-33(47-7)13-19-41(39)52-44-22-28(3)10-16-36(44)37-17-11-29(4)23-45(37)52/h2*8-25H,1-6H3. The predicted octanol–water partition coefficient (Wildman–Crippen LogP) is 23.6. The molecular formula is C92H72N12. The normalized spacial score (nSPS) is 11.6. The monoisotopic (exact) mass is 1340 g/mol. The summed E-state index contributed by atoms with van der Waals surface area (Å²) in [5, 5.41) is 9.55. The molecule has 0 amide bonds. The first-order chi connectivity index (χ1) is 50.3. The fourth-order valence-electron chi connectivity index (χ4n) is 15.7. The van der Waals surface area contributed by atoms with Crippen LogP contribution in [-0.4, -0.2) is 48.2 Å². The number of hydrogen-bond donors (Lipinski definition) is 0. The Labute approximate surface area is 603 Å². The molecule has 12 aromatic carbocycles. The van der Waals surface area contributed by atoms with E-state index in [1.807, 2.05) is 52.0 Å². The Bertz CT molecular complexity index is 6520. The van der Waals surface area contributed by atoms with Crippen molar-refractivity contribution in [1.29, 1.82) is 0 Å². The van der Waals surface area contributed by atoms with Crippen molar-refractivity contribution in [3.63, 3.8) is 0 Å². The summed E-state index contributed by atoms with van der Waals surface area (Å²) in [4.78, 5) is 35.9. The molecule has 18 rings (SSSR count). The maximum Gasteiger partial charge on any atom is 0.189 e. The molecule has 500 valence electrons. The number of hydrogen-bond acceptors (Lipinski definition) is 6. The Morgan fingerprint density at radius 3 is 0.750 bits per heavy atom. The first kappa shape index (κ1) is 64.2.